The number of likely N-dealkylation sites (tertiary alicyclic amines) is 1. The number of amides is 1. The van der Waals surface area contributed by atoms with Crippen LogP contribution in [-0.2, 0) is 4.74 Å². The normalized spacial score (nSPS) is 24.4. The van der Waals surface area contributed by atoms with E-state index in [2.05, 4.69) is 18.7 Å². The average molecular weight is 284 g/mol. The maximum absolute atomic E-state index is 12.0. The molecular weight excluding hydrogens is 256 g/mol. The maximum Gasteiger partial charge on any atom is 0.410 e. The van der Waals surface area contributed by atoms with E-state index in [1.54, 1.807) is 0 Å². The highest BCUT2D eigenvalue weighted by Gasteiger charge is 2.47. The summed E-state index contributed by atoms with van der Waals surface area (Å²) >= 11 is 0. The second kappa shape index (κ2) is 6.31. The van der Waals surface area contributed by atoms with Crippen molar-refractivity contribution in [2.75, 3.05) is 32.8 Å². The minimum atomic E-state index is -0.278. The van der Waals surface area contributed by atoms with Crippen LogP contribution in [0, 0.1) is 5.92 Å². The van der Waals surface area contributed by atoms with Gasteiger partial charge in [-0.25, -0.2) is 4.79 Å². The number of carbonyl (C=O) groups is 1. The second-order valence-electron chi connectivity index (χ2n) is 6.72. The molecule has 2 rings (SSSR count). The molecule has 1 unspecified atom stereocenters. The number of carbonyl (C=O) groups excluding carboxylic acids is 1. The van der Waals surface area contributed by atoms with Gasteiger partial charge in [-0.2, -0.15) is 0 Å². The molecule has 5 heteroatoms. The van der Waals surface area contributed by atoms with Gasteiger partial charge in [-0.1, -0.05) is 13.8 Å². The van der Waals surface area contributed by atoms with Crippen LogP contribution in [0.3, 0.4) is 0 Å². The van der Waals surface area contributed by atoms with Crippen molar-refractivity contribution in [3.8, 4) is 0 Å². The van der Waals surface area contributed by atoms with Crippen LogP contribution < -0.4 is 0 Å². The van der Waals surface area contributed by atoms with E-state index >= 15 is 0 Å². The SMILES string of the molecule is CC(C)CCN1CC2(CCN(C(C)CO)CC2)OC1=O. The molecule has 0 aromatic carbocycles. The minimum Gasteiger partial charge on any atom is -0.441 e. The summed E-state index contributed by atoms with van der Waals surface area (Å²) in [5.41, 5.74) is -0.278. The number of nitrogens with zero attached hydrogens (tertiary/aromatic N) is 2. The van der Waals surface area contributed by atoms with Crippen molar-refractivity contribution < 1.29 is 14.6 Å². The Morgan fingerprint density at radius 3 is 2.50 bits per heavy atom. The molecule has 2 saturated heterocycles. The third kappa shape index (κ3) is 3.44. The van der Waals surface area contributed by atoms with E-state index in [1.165, 1.54) is 0 Å². The Morgan fingerprint density at radius 2 is 1.95 bits per heavy atom. The summed E-state index contributed by atoms with van der Waals surface area (Å²) in [5.74, 6) is 0.603. The standard InChI is InChI=1S/C15H28N2O3/c1-12(2)4-7-17-11-15(20-14(17)19)5-8-16(9-6-15)13(3)10-18/h12-13,18H,4-11H2,1-3H3. The molecule has 1 spiro atoms. The molecule has 1 atom stereocenters. The third-order valence-corrected chi connectivity index (χ3v) is 4.61. The molecule has 1 N–H and O–H groups in total. The quantitative estimate of drug-likeness (QED) is 0.835. The molecule has 0 aromatic rings. The lowest BCUT2D eigenvalue weighted by atomic mass is 9.90. The Morgan fingerprint density at radius 1 is 1.30 bits per heavy atom. The van der Waals surface area contributed by atoms with Gasteiger partial charge in [0.05, 0.1) is 13.2 Å². The van der Waals surface area contributed by atoms with Crippen LogP contribution in [0.15, 0.2) is 0 Å². The lowest BCUT2D eigenvalue weighted by Gasteiger charge is -2.39. The van der Waals surface area contributed by atoms with Crippen molar-refractivity contribution in [2.24, 2.45) is 5.92 Å². The Bertz CT molecular complexity index is 338. The monoisotopic (exact) mass is 284 g/mol. The molecule has 1 amide bonds. The first-order valence-electron chi connectivity index (χ1n) is 7.78. The molecule has 0 radical (unpaired) electrons. The van der Waals surface area contributed by atoms with E-state index in [0.717, 1.165) is 45.4 Å². The topological polar surface area (TPSA) is 53.0 Å². The Balaban J connectivity index is 1.87. The average Bonchev–Trinajstić information content (AvgIpc) is 2.72. The number of rotatable bonds is 5. The van der Waals surface area contributed by atoms with Crippen molar-refractivity contribution in [1.29, 1.82) is 0 Å². The van der Waals surface area contributed by atoms with Crippen LogP contribution in [0.5, 0.6) is 0 Å². The highest BCUT2D eigenvalue weighted by molar-refractivity contribution is 5.70. The third-order valence-electron chi connectivity index (χ3n) is 4.61. The van der Waals surface area contributed by atoms with Crippen LogP contribution in [0.25, 0.3) is 0 Å². The van der Waals surface area contributed by atoms with Gasteiger partial charge in [0.25, 0.3) is 0 Å². The van der Waals surface area contributed by atoms with Crippen molar-refractivity contribution in [3.63, 3.8) is 0 Å². The molecule has 0 bridgehead atoms. The Hall–Kier alpha value is -0.810. The number of aliphatic hydroxyl groups excluding tert-OH is 1. The van der Waals surface area contributed by atoms with Gasteiger partial charge >= 0.3 is 6.09 Å². The van der Waals surface area contributed by atoms with Gasteiger partial charge in [-0.15, -0.1) is 0 Å². The van der Waals surface area contributed by atoms with Gasteiger partial charge in [-0.05, 0) is 19.3 Å². The highest BCUT2D eigenvalue weighted by atomic mass is 16.6. The molecule has 0 aliphatic carbocycles. The van der Waals surface area contributed by atoms with Crippen LogP contribution in [0.2, 0.25) is 0 Å². The van der Waals surface area contributed by atoms with Crippen molar-refractivity contribution in [3.05, 3.63) is 0 Å². The first-order chi connectivity index (χ1) is 9.46. The van der Waals surface area contributed by atoms with Crippen LogP contribution in [0.4, 0.5) is 4.79 Å². The van der Waals surface area contributed by atoms with E-state index < -0.39 is 0 Å². The van der Waals surface area contributed by atoms with E-state index in [0.29, 0.717) is 5.92 Å². The molecule has 0 aromatic heterocycles. The van der Waals surface area contributed by atoms with Gasteiger partial charge in [0.1, 0.15) is 5.60 Å². The smallest absolute Gasteiger partial charge is 0.410 e. The largest absolute Gasteiger partial charge is 0.441 e. The molecule has 20 heavy (non-hydrogen) atoms. The van der Waals surface area contributed by atoms with Crippen molar-refractivity contribution in [1.82, 2.24) is 9.80 Å². The molecule has 2 fully saturated rings. The van der Waals surface area contributed by atoms with E-state index in [9.17, 15) is 9.90 Å². The zero-order valence-electron chi connectivity index (χ0n) is 13.0. The summed E-state index contributed by atoms with van der Waals surface area (Å²) in [6.45, 7) is 9.90. The fraction of sp³-hybridized carbons (Fsp3) is 0.933. The number of hydrogen-bond donors (Lipinski definition) is 1. The van der Waals surface area contributed by atoms with Gasteiger partial charge in [0.2, 0.25) is 0 Å². The Labute approximate surface area is 121 Å². The van der Waals surface area contributed by atoms with Crippen LogP contribution in [-0.4, -0.2) is 65.4 Å². The van der Waals surface area contributed by atoms with Gasteiger partial charge in [-0.3, -0.25) is 4.90 Å². The lowest BCUT2D eigenvalue weighted by molar-refractivity contribution is -0.0145. The molecule has 2 heterocycles. The van der Waals surface area contributed by atoms with E-state index in [4.69, 9.17) is 4.74 Å². The maximum atomic E-state index is 12.0. The number of ether oxygens (including phenoxy) is 1. The molecule has 116 valence electrons. The predicted molar refractivity (Wildman–Crippen MR) is 77.6 cm³/mol. The fourth-order valence-corrected chi connectivity index (χ4v) is 3.03. The zero-order valence-corrected chi connectivity index (χ0v) is 13.0. The van der Waals surface area contributed by atoms with Crippen molar-refractivity contribution >= 4 is 6.09 Å². The molecule has 0 saturated carbocycles. The minimum absolute atomic E-state index is 0.144. The first kappa shape index (κ1) is 15.6. The van der Waals surface area contributed by atoms with Crippen LogP contribution in [0.1, 0.15) is 40.0 Å². The van der Waals surface area contributed by atoms with Gasteiger partial charge < -0.3 is 14.7 Å². The van der Waals surface area contributed by atoms with E-state index in [-0.39, 0.29) is 24.3 Å². The Kier molecular flexibility index (Phi) is 4.91. The highest BCUT2D eigenvalue weighted by Crippen LogP contribution is 2.33. The summed E-state index contributed by atoms with van der Waals surface area (Å²) in [5, 5.41) is 9.21. The molecule has 2 aliphatic rings. The van der Waals surface area contributed by atoms with E-state index in [1.807, 2.05) is 11.8 Å². The van der Waals surface area contributed by atoms with Crippen molar-refractivity contribution in [2.45, 2.75) is 51.7 Å². The first-order valence-corrected chi connectivity index (χ1v) is 7.78. The van der Waals surface area contributed by atoms with Crippen LogP contribution >= 0.6 is 0 Å². The number of aliphatic hydroxyl groups is 1. The molecule has 5 nitrogen and oxygen atoms in total. The zero-order chi connectivity index (χ0) is 14.8. The molecular formula is C15H28N2O3. The molecule has 2 aliphatic heterocycles. The summed E-state index contributed by atoms with van der Waals surface area (Å²) in [4.78, 5) is 16.1. The summed E-state index contributed by atoms with van der Waals surface area (Å²) in [6.07, 6.45) is 2.63. The lowest BCUT2D eigenvalue weighted by Crippen LogP contribution is -2.50. The van der Waals surface area contributed by atoms with Gasteiger partial charge in [0, 0.05) is 38.5 Å². The second-order valence-corrected chi connectivity index (χ2v) is 6.72. The predicted octanol–water partition coefficient (Wildman–Crippen LogP) is 1.70. The number of piperidine rings is 1. The number of hydrogen-bond acceptors (Lipinski definition) is 4. The fourth-order valence-electron chi connectivity index (χ4n) is 3.03. The summed E-state index contributed by atoms with van der Waals surface area (Å²) in [6, 6.07) is 0.196. The van der Waals surface area contributed by atoms with Gasteiger partial charge in [0.15, 0.2) is 0 Å². The summed E-state index contributed by atoms with van der Waals surface area (Å²) < 4.78 is 5.69. The summed E-state index contributed by atoms with van der Waals surface area (Å²) in [7, 11) is 0.